The fourth-order valence-electron chi connectivity index (χ4n) is 2.09. The third-order valence-corrected chi connectivity index (χ3v) is 3.03. The normalized spacial score (nSPS) is 11.6. The van der Waals surface area contributed by atoms with Gasteiger partial charge in [-0.1, -0.05) is 13.8 Å². The number of aryl methyl sites for hydroxylation is 2. The van der Waals surface area contributed by atoms with Crippen LogP contribution in [0, 0.1) is 12.8 Å². The fourth-order valence-corrected chi connectivity index (χ4v) is 2.09. The van der Waals surface area contributed by atoms with Crippen LogP contribution in [0.15, 0.2) is 23.3 Å². The van der Waals surface area contributed by atoms with Crippen molar-refractivity contribution in [2.75, 3.05) is 13.1 Å². The Labute approximate surface area is 113 Å². The molecule has 0 aliphatic rings. The zero-order valence-electron chi connectivity index (χ0n) is 11.9. The van der Waals surface area contributed by atoms with Crippen molar-refractivity contribution < 1.29 is 0 Å². The van der Waals surface area contributed by atoms with Crippen LogP contribution in [-0.4, -0.2) is 27.3 Å². The molecule has 0 aromatic carbocycles. The Morgan fingerprint density at radius 1 is 1.37 bits per heavy atom. The Morgan fingerprint density at radius 2 is 2.16 bits per heavy atom. The van der Waals surface area contributed by atoms with Crippen LogP contribution in [0.25, 0.3) is 5.52 Å². The molecule has 2 rings (SSSR count). The van der Waals surface area contributed by atoms with E-state index >= 15 is 0 Å². The molecule has 2 aromatic rings. The first-order valence-electron chi connectivity index (χ1n) is 6.84. The lowest BCUT2D eigenvalue weighted by Gasteiger charge is -2.08. The van der Waals surface area contributed by atoms with Gasteiger partial charge >= 0.3 is 0 Å². The SMILES string of the molecule is Cc1cc2c(=O)n(CCCNCC(C)C)ccn2n1. The maximum Gasteiger partial charge on any atom is 0.276 e. The monoisotopic (exact) mass is 262 g/mol. The van der Waals surface area contributed by atoms with Crippen LogP contribution in [0.2, 0.25) is 0 Å². The average Bonchev–Trinajstić information content (AvgIpc) is 2.73. The highest BCUT2D eigenvalue weighted by Gasteiger charge is 2.04. The second-order valence-corrected chi connectivity index (χ2v) is 5.36. The maximum atomic E-state index is 12.2. The molecule has 0 bridgehead atoms. The van der Waals surface area contributed by atoms with Crippen molar-refractivity contribution in [1.82, 2.24) is 19.5 Å². The zero-order chi connectivity index (χ0) is 13.8. The van der Waals surface area contributed by atoms with E-state index in [0.717, 1.165) is 31.7 Å². The van der Waals surface area contributed by atoms with E-state index in [4.69, 9.17) is 0 Å². The summed E-state index contributed by atoms with van der Waals surface area (Å²) in [6.07, 6.45) is 4.60. The van der Waals surface area contributed by atoms with Gasteiger partial charge in [0.2, 0.25) is 0 Å². The summed E-state index contributed by atoms with van der Waals surface area (Å²) in [7, 11) is 0. The topological polar surface area (TPSA) is 51.3 Å². The smallest absolute Gasteiger partial charge is 0.276 e. The summed E-state index contributed by atoms with van der Waals surface area (Å²) in [6, 6.07) is 1.83. The van der Waals surface area contributed by atoms with Gasteiger partial charge in [-0.05, 0) is 38.4 Å². The van der Waals surface area contributed by atoms with Gasteiger partial charge in [-0.2, -0.15) is 5.10 Å². The number of fused-ring (bicyclic) bond motifs is 1. The highest BCUT2D eigenvalue weighted by molar-refractivity contribution is 5.44. The molecular formula is C14H22N4O. The van der Waals surface area contributed by atoms with E-state index < -0.39 is 0 Å². The van der Waals surface area contributed by atoms with Crippen molar-refractivity contribution >= 4 is 5.52 Å². The van der Waals surface area contributed by atoms with E-state index in [1.165, 1.54) is 0 Å². The molecule has 0 saturated carbocycles. The zero-order valence-corrected chi connectivity index (χ0v) is 11.9. The van der Waals surface area contributed by atoms with Gasteiger partial charge in [0.05, 0.1) is 5.69 Å². The largest absolute Gasteiger partial charge is 0.316 e. The summed E-state index contributed by atoms with van der Waals surface area (Å²) in [5.74, 6) is 0.661. The lowest BCUT2D eigenvalue weighted by molar-refractivity contribution is 0.517. The fraction of sp³-hybridized carbons (Fsp3) is 0.571. The third kappa shape index (κ3) is 3.44. The van der Waals surface area contributed by atoms with Gasteiger partial charge in [-0.25, -0.2) is 4.52 Å². The van der Waals surface area contributed by atoms with Crippen LogP contribution in [0.1, 0.15) is 26.0 Å². The highest BCUT2D eigenvalue weighted by Crippen LogP contribution is 2.00. The van der Waals surface area contributed by atoms with Gasteiger partial charge < -0.3 is 9.88 Å². The molecular weight excluding hydrogens is 240 g/mol. The quantitative estimate of drug-likeness (QED) is 0.801. The lowest BCUT2D eigenvalue weighted by atomic mass is 10.2. The second-order valence-electron chi connectivity index (χ2n) is 5.36. The molecule has 1 N–H and O–H groups in total. The third-order valence-electron chi connectivity index (χ3n) is 3.03. The standard InChI is InChI=1S/C14H22N4O/c1-11(2)10-15-5-4-6-17-7-8-18-13(14(17)19)9-12(3)16-18/h7-9,11,15H,4-6,10H2,1-3H3. The van der Waals surface area contributed by atoms with Gasteiger partial charge in [0.15, 0.2) is 0 Å². The molecule has 0 radical (unpaired) electrons. The summed E-state index contributed by atoms with van der Waals surface area (Å²) < 4.78 is 3.40. The van der Waals surface area contributed by atoms with Crippen LogP contribution in [0.5, 0.6) is 0 Å². The van der Waals surface area contributed by atoms with Crippen LogP contribution < -0.4 is 10.9 Å². The number of aromatic nitrogens is 3. The Hall–Kier alpha value is -1.62. The minimum absolute atomic E-state index is 0.0342. The van der Waals surface area contributed by atoms with Crippen LogP contribution in [0.3, 0.4) is 0 Å². The van der Waals surface area contributed by atoms with E-state index in [9.17, 15) is 4.79 Å². The van der Waals surface area contributed by atoms with Crippen LogP contribution in [0.4, 0.5) is 0 Å². The number of hydrogen-bond donors (Lipinski definition) is 1. The highest BCUT2D eigenvalue weighted by atomic mass is 16.1. The molecule has 104 valence electrons. The summed E-state index contributed by atoms with van der Waals surface area (Å²) >= 11 is 0. The van der Waals surface area contributed by atoms with Crippen LogP contribution >= 0.6 is 0 Å². The van der Waals surface area contributed by atoms with E-state index in [1.54, 1.807) is 9.08 Å². The maximum absolute atomic E-state index is 12.2. The molecule has 19 heavy (non-hydrogen) atoms. The van der Waals surface area contributed by atoms with E-state index in [1.807, 2.05) is 25.4 Å². The van der Waals surface area contributed by atoms with Crippen LogP contribution in [-0.2, 0) is 6.54 Å². The van der Waals surface area contributed by atoms with Crippen molar-refractivity contribution in [3.05, 3.63) is 34.5 Å². The molecule has 0 unspecified atom stereocenters. The van der Waals surface area contributed by atoms with Gasteiger partial charge in [0.1, 0.15) is 5.52 Å². The van der Waals surface area contributed by atoms with E-state index in [-0.39, 0.29) is 5.56 Å². The molecule has 2 heterocycles. The summed E-state index contributed by atoms with van der Waals surface area (Å²) in [5.41, 5.74) is 1.55. The number of nitrogens with zero attached hydrogens (tertiary/aromatic N) is 3. The number of hydrogen-bond acceptors (Lipinski definition) is 3. The van der Waals surface area contributed by atoms with Gasteiger partial charge in [0.25, 0.3) is 5.56 Å². The number of rotatable bonds is 6. The van der Waals surface area contributed by atoms with Crippen molar-refractivity contribution in [1.29, 1.82) is 0 Å². The Morgan fingerprint density at radius 3 is 2.89 bits per heavy atom. The number of nitrogens with one attached hydrogen (secondary N) is 1. The van der Waals surface area contributed by atoms with Crippen molar-refractivity contribution in [2.45, 2.75) is 33.7 Å². The molecule has 0 aliphatic heterocycles. The van der Waals surface area contributed by atoms with E-state index in [2.05, 4.69) is 24.3 Å². The van der Waals surface area contributed by atoms with Gasteiger partial charge in [-0.15, -0.1) is 0 Å². The predicted octanol–water partition coefficient (Wildman–Crippen LogP) is 1.44. The first kappa shape index (κ1) is 13.8. The minimum atomic E-state index is 0.0342. The molecule has 0 aliphatic carbocycles. The predicted molar refractivity (Wildman–Crippen MR) is 76.5 cm³/mol. The second kappa shape index (κ2) is 6.02. The van der Waals surface area contributed by atoms with Gasteiger partial charge in [0, 0.05) is 18.9 Å². The van der Waals surface area contributed by atoms with Gasteiger partial charge in [-0.3, -0.25) is 4.79 Å². The summed E-state index contributed by atoms with van der Waals surface area (Å²) in [4.78, 5) is 12.2. The average molecular weight is 262 g/mol. The molecule has 5 nitrogen and oxygen atoms in total. The van der Waals surface area contributed by atoms with E-state index in [0.29, 0.717) is 11.4 Å². The molecule has 5 heteroatoms. The Kier molecular flexibility index (Phi) is 4.37. The molecule has 0 amide bonds. The Bertz CT molecular complexity index is 597. The van der Waals surface area contributed by atoms with Crippen molar-refractivity contribution in [2.24, 2.45) is 5.92 Å². The first-order valence-corrected chi connectivity index (χ1v) is 6.84. The molecule has 0 saturated heterocycles. The molecule has 0 spiro atoms. The molecule has 0 fully saturated rings. The van der Waals surface area contributed by atoms with Crippen molar-refractivity contribution in [3.8, 4) is 0 Å². The summed E-state index contributed by atoms with van der Waals surface area (Å²) in [6.45, 7) is 8.97. The Balaban J connectivity index is 1.97. The molecule has 0 atom stereocenters. The molecule has 2 aromatic heterocycles. The first-order chi connectivity index (χ1) is 9.08. The minimum Gasteiger partial charge on any atom is -0.316 e. The lowest BCUT2D eigenvalue weighted by Crippen LogP contribution is -2.25. The van der Waals surface area contributed by atoms with Crippen molar-refractivity contribution in [3.63, 3.8) is 0 Å². The summed E-state index contributed by atoms with van der Waals surface area (Å²) in [5, 5.41) is 7.62.